The molecule has 1 atom stereocenters. The molecule has 31 heavy (non-hydrogen) atoms. The van der Waals surface area contributed by atoms with Gasteiger partial charge in [0.1, 0.15) is 0 Å². The number of piperidine rings is 1. The summed E-state index contributed by atoms with van der Waals surface area (Å²) in [7, 11) is 1.89. The van der Waals surface area contributed by atoms with E-state index in [9.17, 15) is 9.59 Å². The second-order valence-corrected chi connectivity index (χ2v) is 10.7. The maximum absolute atomic E-state index is 13.1. The Balaban J connectivity index is 1.55. The lowest BCUT2D eigenvalue weighted by Crippen LogP contribution is -2.46. The molecule has 2 fully saturated rings. The molecule has 1 aromatic carbocycles. The van der Waals surface area contributed by atoms with Crippen molar-refractivity contribution >= 4 is 11.8 Å². The quantitative estimate of drug-likeness (QED) is 0.706. The van der Waals surface area contributed by atoms with Crippen molar-refractivity contribution < 1.29 is 9.59 Å². The standard InChI is InChI=1S/C26H41N3O2/c1-19(2)27(6)25(31)21-13-16-28(17-14-21)18-24(30)29-15-7-8-23(29)20-9-11-22(12-10-20)26(3,4)5/h9-12,19,21,23H,7-8,13-18H2,1-6H3. The third-order valence-electron chi connectivity index (χ3n) is 7.15. The first-order chi connectivity index (χ1) is 14.6. The maximum Gasteiger partial charge on any atom is 0.237 e. The lowest BCUT2D eigenvalue weighted by molar-refractivity contribution is -0.137. The smallest absolute Gasteiger partial charge is 0.237 e. The van der Waals surface area contributed by atoms with Gasteiger partial charge in [-0.1, -0.05) is 45.0 Å². The number of nitrogens with zero attached hydrogens (tertiary/aromatic N) is 3. The molecule has 2 heterocycles. The van der Waals surface area contributed by atoms with Crippen LogP contribution in [0.5, 0.6) is 0 Å². The summed E-state index contributed by atoms with van der Waals surface area (Å²) in [5.74, 6) is 0.574. The zero-order valence-corrected chi connectivity index (χ0v) is 20.4. The minimum atomic E-state index is 0.0969. The summed E-state index contributed by atoms with van der Waals surface area (Å²) in [6.45, 7) is 13.8. The van der Waals surface area contributed by atoms with E-state index >= 15 is 0 Å². The van der Waals surface area contributed by atoms with Gasteiger partial charge in [-0.2, -0.15) is 0 Å². The van der Waals surface area contributed by atoms with Crippen LogP contribution in [0.1, 0.15) is 77.5 Å². The van der Waals surface area contributed by atoms with Crippen LogP contribution in [0.4, 0.5) is 0 Å². The summed E-state index contributed by atoms with van der Waals surface area (Å²) in [4.78, 5) is 31.9. The average molecular weight is 428 g/mol. The van der Waals surface area contributed by atoms with Crippen LogP contribution in [-0.2, 0) is 15.0 Å². The predicted molar refractivity (Wildman–Crippen MR) is 126 cm³/mol. The Hall–Kier alpha value is -1.88. The molecule has 0 saturated carbocycles. The lowest BCUT2D eigenvalue weighted by Gasteiger charge is -2.35. The number of hydrogen-bond donors (Lipinski definition) is 0. The van der Waals surface area contributed by atoms with E-state index in [0.717, 1.165) is 45.3 Å². The highest BCUT2D eigenvalue weighted by atomic mass is 16.2. The molecular formula is C26H41N3O2. The zero-order chi connectivity index (χ0) is 22.8. The van der Waals surface area contributed by atoms with E-state index in [2.05, 4.69) is 68.7 Å². The van der Waals surface area contributed by atoms with Crippen molar-refractivity contribution in [1.29, 1.82) is 0 Å². The zero-order valence-electron chi connectivity index (χ0n) is 20.4. The van der Waals surface area contributed by atoms with Crippen LogP contribution >= 0.6 is 0 Å². The Morgan fingerprint density at radius 2 is 1.65 bits per heavy atom. The van der Waals surface area contributed by atoms with Crippen LogP contribution in [0.3, 0.4) is 0 Å². The van der Waals surface area contributed by atoms with Crippen LogP contribution in [0.2, 0.25) is 0 Å². The van der Waals surface area contributed by atoms with E-state index in [1.165, 1.54) is 11.1 Å². The number of amides is 2. The van der Waals surface area contributed by atoms with Gasteiger partial charge < -0.3 is 9.80 Å². The van der Waals surface area contributed by atoms with Crippen LogP contribution in [0, 0.1) is 5.92 Å². The number of hydrogen-bond acceptors (Lipinski definition) is 3. The second kappa shape index (κ2) is 9.72. The molecule has 5 heteroatoms. The van der Waals surface area contributed by atoms with Gasteiger partial charge in [0.2, 0.25) is 11.8 Å². The summed E-state index contributed by atoms with van der Waals surface area (Å²) in [5.41, 5.74) is 2.72. The van der Waals surface area contributed by atoms with E-state index in [1.807, 2.05) is 11.9 Å². The van der Waals surface area contributed by atoms with Crippen LogP contribution in [0.25, 0.3) is 0 Å². The highest BCUT2D eigenvalue weighted by Crippen LogP contribution is 2.33. The van der Waals surface area contributed by atoms with Crippen LogP contribution in [0.15, 0.2) is 24.3 Å². The van der Waals surface area contributed by atoms with Gasteiger partial charge in [0, 0.05) is 25.6 Å². The molecule has 3 rings (SSSR count). The summed E-state index contributed by atoms with van der Waals surface area (Å²) in [6.07, 6.45) is 3.80. The molecule has 1 unspecified atom stereocenters. The molecule has 2 saturated heterocycles. The summed E-state index contributed by atoms with van der Waals surface area (Å²) in [6, 6.07) is 9.27. The first-order valence-corrected chi connectivity index (χ1v) is 12.0. The van der Waals surface area contributed by atoms with E-state index in [1.54, 1.807) is 0 Å². The van der Waals surface area contributed by atoms with E-state index in [-0.39, 0.29) is 35.2 Å². The van der Waals surface area contributed by atoms with Crippen molar-refractivity contribution in [3.8, 4) is 0 Å². The van der Waals surface area contributed by atoms with E-state index in [4.69, 9.17) is 0 Å². The monoisotopic (exact) mass is 427 g/mol. The predicted octanol–water partition coefficient (Wildman–Crippen LogP) is 4.23. The highest BCUT2D eigenvalue weighted by Gasteiger charge is 2.33. The Bertz CT molecular complexity index is 758. The topological polar surface area (TPSA) is 43.9 Å². The molecule has 5 nitrogen and oxygen atoms in total. The molecule has 172 valence electrons. The van der Waals surface area contributed by atoms with Gasteiger partial charge in [-0.25, -0.2) is 0 Å². The van der Waals surface area contributed by atoms with E-state index in [0.29, 0.717) is 6.54 Å². The summed E-state index contributed by atoms with van der Waals surface area (Å²) >= 11 is 0. The summed E-state index contributed by atoms with van der Waals surface area (Å²) < 4.78 is 0. The Morgan fingerprint density at radius 3 is 2.19 bits per heavy atom. The van der Waals surface area contributed by atoms with Crippen molar-refractivity contribution in [3.63, 3.8) is 0 Å². The molecule has 0 bridgehead atoms. The SMILES string of the molecule is CC(C)N(C)C(=O)C1CCN(CC(=O)N2CCCC2c2ccc(C(C)(C)C)cc2)CC1. The van der Waals surface area contributed by atoms with Gasteiger partial charge in [-0.05, 0) is 69.2 Å². The molecule has 2 aliphatic rings. The Labute approximate surface area is 188 Å². The van der Waals surface area contributed by atoms with Crippen molar-refractivity contribution in [2.24, 2.45) is 5.92 Å². The fourth-order valence-electron chi connectivity index (χ4n) is 4.78. The van der Waals surface area contributed by atoms with Crippen molar-refractivity contribution in [3.05, 3.63) is 35.4 Å². The third-order valence-corrected chi connectivity index (χ3v) is 7.15. The van der Waals surface area contributed by atoms with Gasteiger partial charge in [-0.3, -0.25) is 14.5 Å². The molecule has 0 aliphatic carbocycles. The van der Waals surface area contributed by atoms with Gasteiger partial charge in [0.05, 0.1) is 12.6 Å². The number of carbonyl (C=O) groups excluding carboxylic acids is 2. The largest absolute Gasteiger partial charge is 0.343 e. The minimum absolute atomic E-state index is 0.0969. The molecular weight excluding hydrogens is 386 g/mol. The molecule has 2 amide bonds. The van der Waals surface area contributed by atoms with Crippen molar-refractivity contribution in [1.82, 2.24) is 14.7 Å². The van der Waals surface area contributed by atoms with Gasteiger partial charge in [0.25, 0.3) is 0 Å². The van der Waals surface area contributed by atoms with Crippen molar-refractivity contribution in [2.45, 2.75) is 77.8 Å². The number of likely N-dealkylation sites (tertiary alicyclic amines) is 2. The van der Waals surface area contributed by atoms with Gasteiger partial charge >= 0.3 is 0 Å². The van der Waals surface area contributed by atoms with Crippen LogP contribution < -0.4 is 0 Å². The highest BCUT2D eigenvalue weighted by molar-refractivity contribution is 5.80. The fraction of sp³-hybridized carbons (Fsp3) is 0.692. The molecule has 0 spiro atoms. The van der Waals surface area contributed by atoms with Gasteiger partial charge in [0.15, 0.2) is 0 Å². The number of rotatable bonds is 5. The Kier molecular flexibility index (Phi) is 7.46. The lowest BCUT2D eigenvalue weighted by atomic mass is 9.86. The number of carbonyl (C=O) groups is 2. The van der Waals surface area contributed by atoms with Crippen LogP contribution in [-0.4, -0.2) is 65.8 Å². The second-order valence-electron chi connectivity index (χ2n) is 10.7. The molecule has 1 aromatic rings. The average Bonchev–Trinajstić information content (AvgIpc) is 3.22. The summed E-state index contributed by atoms with van der Waals surface area (Å²) in [5, 5.41) is 0. The fourth-order valence-corrected chi connectivity index (χ4v) is 4.78. The minimum Gasteiger partial charge on any atom is -0.343 e. The molecule has 0 radical (unpaired) electrons. The first-order valence-electron chi connectivity index (χ1n) is 12.0. The third kappa shape index (κ3) is 5.68. The van der Waals surface area contributed by atoms with Gasteiger partial charge in [-0.15, -0.1) is 0 Å². The van der Waals surface area contributed by atoms with E-state index < -0.39 is 0 Å². The molecule has 0 N–H and O–H groups in total. The Morgan fingerprint density at radius 1 is 1.03 bits per heavy atom. The molecule has 2 aliphatic heterocycles. The first kappa shape index (κ1) is 23.8. The molecule has 0 aromatic heterocycles. The maximum atomic E-state index is 13.1. The normalized spacial score (nSPS) is 21.0. The van der Waals surface area contributed by atoms with Crippen molar-refractivity contribution in [2.75, 3.05) is 33.2 Å². The number of benzene rings is 1.